The molecule has 2 N–H and O–H groups in total. The molecular weight excluding hydrogens is 246 g/mol. The molecular formula is C13H17N3O3. The van der Waals surface area contributed by atoms with Crippen molar-refractivity contribution >= 4 is 11.6 Å². The minimum atomic E-state index is -0.501. The number of benzene rings is 1. The van der Waals surface area contributed by atoms with Crippen LogP contribution in [0.5, 0.6) is 0 Å². The van der Waals surface area contributed by atoms with Gasteiger partial charge in [-0.05, 0) is 31.9 Å². The average Bonchev–Trinajstić information content (AvgIpc) is 2.92. The molecule has 19 heavy (non-hydrogen) atoms. The maximum atomic E-state index is 11.8. The second-order valence-electron chi connectivity index (χ2n) is 4.65. The Balaban J connectivity index is 1.85. The highest BCUT2D eigenvalue weighted by Gasteiger charge is 2.15. The molecule has 1 saturated heterocycles. The molecule has 1 aromatic rings. The molecule has 6 nitrogen and oxygen atoms in total. The zero-order chi connectivity index (χ0) is 13.7. The first-order chi connectivity index (χ1) is 9.16. The van der Waals surface area contributed by atoms with Crippen molar-refractivity contribution < 1.29 is 9.72 Å². The first-order valence-electron chi connectivity index (χ1n) is 6.43. The summed E-state index contributed by atoms with van der Waals surface area (Å²) < 4.78 is 0. The number of nitro groups is 1. The predicted molar refractivity (Wildman–Crippen MR) is 71.1 cm³/mol. The van der Waals surface area contributed by atoms with Crippen LogP contribution in [0.2, 0.25) is 0 Å². The van der Waals surface area contributed by atoms with E-state index in [0.29, 0.717) is 18.2 Å². The van der Waals surface area contributed by atoms with Crippen LogP contribution in [0.3, 0.4) is 0 Å². The summed E-state index contributed by atoms with van der Waals surface area (Å²) in [5.74, 6) is -0.262. The first-order valence-corrected chi connectivity index (χ1v) is 6.43. The van der Waals surface area contributed by atoms with Gasteiger partial charge in [0.1, 0.15) is 0 Å². The number of hydrogen-bond acceptors (Lipinski definition) is 4. The van der Waals surface area contributed by atoms with E-state index >= 15 is 0 Å². The van der Waals surface area contributed by atoms with Crippen molar-refractivity contribution in [2.45, 2.75) is 25.3 Å². The van der Waals surface area contributed by atoms with Gasteiger partial charge < -0.3 is 10.6 Å². The number of nitrogens with one attached hydrogen (secondary N) is 2. The van der Waals surface area contributed by atoms with Crippen LogP contribution in [0.4, 0.5) is 5.69 Å². The number of non-ortho nitro benzene ring substituents is 1. The number of carbonyl (C=O) groups is 1. The highest BCUT2D eigenvalue weighted by Crippen LogP contribution is 2.13. The van der Waals surface area contributed by atoms with Crippen molar-refractivity contribution in [1.82, 2.24) is 10.6 Å². The highest BCUT2D eigenvalue weighted by atomic mass is 16.6. The lowest BCUT2D eigenvalue weighted by Gasteiger charge is -2.10. The molecule has 0 unspecified atom stereocenters. The highest BCUT2D eigenvalue weighted by molar-refractivity contribution is 5.94. The van der Waals surface area contributed by atoms with Gasteiger partial charge in [0, 0.05) is 30.3 Å². The van der Waals surface area contributed by atoms with E-state index in [1.807, 2.05) is 0 Å². The molecule has 0 aliphatic carbocycles. The maximum Gasteiger partial charge on any atom is 0.270 e. The Labute approximate surface area is 111 Å². The molecule has 0 spiro atoms. The molecule has 1 aliphatic rings. The van der Waals surface area contributed by atoms with Crippen LogP contribution in [0.15, 0.2) is 24.3 Å². The molecule has 0 aromatic heterocycles. The molecule has 0 radical (unpaired) electrons. The molecule has 2 rings (SSSR count). The number of hydrogen-bond donors (Lipinski definition) is 2. The smallest absolute Gasteiger partial charge is 0.270 e. The molecule has 1 aliphatic heterocycles. The summed E-state index contributed by atoms with van der Waals surface area (Å²) in [7, 11) is 0. The molecule has 102 valence electrons. The summed E-state index contributed by atoms with van der Waals surface area (Å²) in [6.07, 6.45) is 3.22. The van der Waals surface area contributed by atoms with Gasteiger partial charge in [-0.1, -0.05) is 6.07 Å². The van der Waals surface area contributed by atoms with Crippen LogP contribution in [0.25, 0.3) is 0 Å². The van der Waals surface area contributed by atoms with Crippen molar-refractivity contribution in [1.29, 1.82) is 0 Å². The van der Waals surface area contributed by atoms with Crippen LogP contribution >= 0.6 is 0 Å². The quantitative estimate of drug-likeness (QED) is 0.622. The van der Waals surface area contributed by atoms with Crippen molar-refractivity contribution in [2.24, 2.45) is 0 Å². The second-order valence-corrected chi connectivity index (χ2v) is 4.65. The monoisotopic (exact) mass is 263 g/mol. The van der Waals surface area contributed by atoms with Crippen LogP contribution in [0.1, 0.15) is 29.6 Å². The number of carbonyl (C=O) groups excluding carboxylic acids is 1. The van der Waals surface area contributed by atoms with E-state index in [4.69, 9.17) is 0 Å². The Morgan fingerprint density at radius 2 is 2.37 bits per heavy atom. The largest absolute Gasteiger partial charge is 0.352 e. The van der Waals surface area contributed by atoms with Gasteiger partial charge in [0.15, 0.2) is 0 Å². The topological polar surface area (TPSA) is 84.3 Å². The van der Waals surface area contributed by atoms with E-state index in [-0.39, 0.29) is 11.6 Å². The number of nitro benzene ring substituents is 1. The van der Waals surface area contributed by atoms with Crippen molar-refractivity contribution in [3.63, 3.8) is 0 Å². The second kappa shape index (κ2) is 6.29. The maximum absolute atomic E-state index is 11.8. The van der Waals surface area contributed by atoms with Gasteiger partial charge >= 0.3 is 0 Å². The number of nitrogens with zero attached hydrogens (tertiary/aromatic N) is 1. The van der Waals surface area contributed by atoms with Crippen LogP contribution < -0.4 is 10.6 Å². The van der Waals surface area contributed by atoms with Gasteiger partial charge in [-0.2, -0.15) is 0 Å². The van der Waals surface area contributed by atoms with E-state index in [1.165, 1.54) is 24.6 Å². The minimum absolute atomic E-state index is 0.0647. The molecule has 0 bridgehead atoms. The summed E-state index contributed by atoms with van der Waals surface area (Å²) in [6.45, 7) is 1.63. The Morgan fingerprint density at radius 3 is 3.05 bits per heavy atom. The Kier molecular flexibility index (Phi) is 4.46. The van der Waals surface area contributed by atoms with E-state index < -0.39 is 4.92 Å². The van der Waals surface area contributed by atoms with Crippen molar-refractivity contribution in [3.05, 3.63) is 39.9 Å². The summed E-state index contributed by atoms with van der Waals surface area (Å²) in [6, 6.07) is 6.25. The number of amides is 1. The Morgan fingerprint density at radius 1 is 1.53 bits per heavy atom. The van der Waals surface area contributed by atoms with Crippen molar-refractivity contribution in [2.75, 3.05) is 13.1 Å². The van der Waals surface area contributed by atoms with Gasteiger partial charge in [-0.3, -0.25) is 14.9 Å². The van der Waals surface area contributed by atoms with E-state index in [0.717, 1.165) is 19.4 Å². The third-order valence-corrected chi connectivity index (χ3v) is 3.26. The van der Waals surface area contributed by atoms with Crippen LogP contribution in [-0.2, 0) is 0 Å². The van der Waals surface area contributed by atoms with Gasteiger partial charge in [0.25, 0.3) is 11.6 Å². The van der Waals surface area contributed by atoms with Gasteiger partial charge in [0.05, 0.1) is 4.92 Å². The standard InChI is InChI=1S/C13H17N3O3/c17-13(15-8-6-11-4-2-7-14-11)10-3-1-5-12(9-10)16(18)19/h1,3,5,9,11,14H,2,4,6-8H2,(H,15,17)/t11-/m1/s1. The molecule has 6 heteroatoms. The molecule has 1 heterocycles. The number of rotatable bonds is 5. The van der Waals surface area contributed by atoms with Gasteiger partial charge in [0.2, 0.25) is 0 Å². The fourth-order valence-corrected chi connectivity index (χ4v) is 2.23. The van der Waals surface area contributed by atoms with Crippen LogP contribution in [-0.4, -0.2) is 30.0 Å². The Hall–Kier alpha value is -1.95. The fraction of sp³-hybridized carbons (Fsp3) is 0.462. The zero-order valence-electron chi connectivity index (χ0n) is 10.6. The van der Waals surface area contributed by atoms with E-state index in [1.54, 1.807) is 6.07 Å². The van der Waals surface area contributed by atoms with Gasteiger partial charge in [-0.15, -0.1) is 0 Å². The first kappa shape index (κ1) is 13.5. The van der Waals surface area contributed by atoms with Gasteiger partial charge in [-0.25, -0.2) is 0 Å². The predicted octanol–water partition coefficient (Wildman–Crippen LogP) is 1.47. The molecule has 1 aromatic carbocycles. The van der Waals surface area contributed by atoms with E-state index in [9.17, 15) is 14.9 Å². The average molecular weight is 263 g/mol. The minimum Gasteiger partial charge on any atom is -0.352 e. The molecule has 1 fully saturated rings. The summed E-state index contributed by atoms with van der Waals surface area (Å²) in [5, 5.41) is 16.8. The summed E-state index contributed by atoms with van der Waals surface area (Å²) in [5.41, 5.74) is 0.263. The third-order valence-electron chi connectivity index (χ3n) is 3.26. The normalized spacial score (nSPS) is 18.2. The summed E-state index contributed by atoms with van der Waals surface area (Å²) in [4.78, 5) is 22.0. The SMILES string of the molecule is O=C(NCC[C@H]1CCCN1)c1cccc([N+](=O)[O-])c1. The third kappa shape index (κ3) is 3.75. The molecule has 0 saturated carbocycles. The fourth-order valence-electron chi connectivity index (χ4n) is 2.23. The lowest BCUT2D eigenvalue weighted by Crippen LogP contribution is -2.30. The zero-order valence-corrected chi connectivity index (χ0v) is 10.6. The van der Waals surface area contributed by atoms with E-state index in [2.05, 4.69) is 10.6 Å². The molecule has 1 atom stereocenters. The Bertz CT molecular complexity index is 470. The summed E-state index contributed by atoms with van der Waals surface area (Å²) >= 11 is 0. The lowest BCUT2D eigenvalue weighted by atomic mass is 10.1. The molecule has 1 amide bonds. The lowest BCUT2D eigenvalue weighted by molar-refractivity contribution is -0.384. The van der Waals surface area contributed by atoms with Crippen LogP contribution in [0, 0.1) is 10.1 Å². The van der Waals surface area contributed by atoms with Crippen molar-refractivity contribution in [3.8, 4) is 0 Å².